The first-order valence-electron chi connectivity index (χ1n) is 7.86. The molecule has 1 aromatic heterocycles. The SMILES string of the molecule is NC(Cc1cccnc1)C(=O)NC(CO)C(=O)OCc1ccccc1. The van der Waals surface area contributed by atoms with Crippen molar-refractivity contribution in [2.75, 3.05) is 6.61 Å². The molecule has 7 nitrogen and oxygen atoms in total. The third-order valence-electron chi connectivity index (χ3n) is 3.52. The van der Waals surface area contributed by atoms with E-state index in [1.165, 1.54) is 0 Å². The van der Waals surface area contributed by atoms with Crippen LogP contribution in [-0.2, 0) is 27.4 Å². The predicted octanol–water partition coefficient (Wildman–Crippen LogP) is 0.172. The first kappa shape index (κ1) is 18.6. The van der Waals surface area contributed by atoms with Gasteiger partial charge in [0.15, 0.2) is 6.04 Å². The number of nitrogens with zero attached hydrogens (tertiary/aromatic N) is 1. The van der Waals surface area contributed by atoms with Gasteiger partial charge >= 0.3 is 5.97 Å². The van der Waals surface area contributed by atoms with Crippen LogP contribution >= 0.6 is 0 Å². The number of aromatic nitrogens is 1. The van der Waals surface area contributed by atoms with E-state index in [-0.39, 0.29) is 13.0 Å². The van der Waals surface area contributed by atoms with Gasteiger partial charge in [0.1, 0.15) is 6.61 Å². The molecule has 7 heteroatoms. The molecule has 1 amide bonds. The van der Waals surface area contributed by atoms with Crippen molar-refractivity contribution < 1.29 is 19.4 Å². The summed E-state index contributed by atoms with van der Waals surface area (Å²) in [4.78, 5) is 28.1. The fourth-order valence-electron chi connectivity index (χ4n) is 2.15. The molecule has 0 bridgehead atoms. The molecule has 4 N–H and O–H groups in total. The Balaban J connectivity index is 1.84. The van der Waals surface area contributed by atoms with Gasteiger partial charge in [-0.05, 0) is 23.6 Å². The molecule has 0 radical (unpaired) electrons. The normalized spacial score (nSPS) is 12.9. The summed E-state index contributed by atoms with van der Waals surface area (Å²) in [6.07, 6.45) is 3.52. The Morgan fingerprint density at radius 3 is 2.52 bits per heavy atom. The van der Waals surface area contributed by atoms with Crippen molar-refractivity contribution in [2.24, 2.45) is 5.73 Å². The molecule has 2 unspecified atom stereocenters. The van der Waals surface area contributed by atoms with Crippen LogP contribution < -0.4 is 11.1 Å². The first-order valence-corrected chi connectivity index (χ1v) is 7.86. The van der Waals surface area contributed by atoms with Gasteiger partial charge in [-0.2, -0.15) is 0 Å². The highest BCUT2D eigenvalue weighted by Crippen LogP contribution is 2.03. The minimum atomic E-state index is -1.16. The van der Waals surface area contributed by atoms with E-state index in [1.807, 2.05) is 30.3 Å². The van der Waals surface area contributed by atoms with E-state index in [4.69, 9.17) is 10.5 Å². The summed E-state index contributed by atoms with van der Waals surface area (Å²) >= 11 is 0. The van der Waals surface area contributed by atoms with Crippen molar-refractivity contribution in [1.29, 1.82) is 0 Å². The van der Waals surface area contributed by atoms with E-state index >= 15 is 0 Å². The zero-order valence-electron chi connectivity index (χ0n) is 13.7. The van der Waals surface area contributed by atoms with Crippen LogP contribution in [0.15, 0.2) is 54.9 Å². The van der Waals surface area contributed by atoms with Crippen molar-refractivity contribution in [1.82, 2.24) is 10.3 Å². The number of rotatable bonds is 8. The minimum Gasteiger partial charge on any atom is -0.459 e. The van der Waals surface area contributed by atoms with Gasteiger partial charge in [0.25, 0.3) is 0 Å². The van der Waals surface area contributed by atoms with Gasteiger partial charge in [0, 0.05) is 12.4 Å². The van der Waals surface area contributed by atoms with E-state index in [0.29, 0.717) is 0 Å². The van der Waals surface area contributed by atoms with Crippen molar-refractivity contribution >= 4 is 11.9 Å². The largest absolute Gasteiger partial charge is 0.459 e. The van der Waals surface area contributed by atoms with E-state index in [2.05, 4.69) is 10.3 Å². The van der Waals surface area contributed by atoms with Crippen LogP contribution in [0.1, 0.15) is 11.1 Å². The number of aliphatic hydroxyl groups is 1. The number of carbonyl (C=O) groups is 2. The van der Waals surface area contributed by atoms with Gasteiger partial charge in [0.2, 0.25) is 5.91 Å². The number of benzene rings is 1. The lowest BCUT2D eigenvalue weighted by molar-refractivity contribution is -0.150. The number of amides is 1. The van der Waals surface area contributed by atoms with E-state index in [0.717, 1.165) is 11.1 Å². The van der Waals surface area contributed by atoms with Crippen LogP contribution in [0, 0.1) is 0 Å². The summed E-state index contributed by atoms with van der Waals surface area (Å²) < 4.78 is 5.12. The van der Waals surface area contributed by atoms with Gasteiger partial charge in [0.05, 0.1) is 12.6 Å². The summed E-state index contributed by atoms with van der Waals surface area (Å²) in [7, 11) is 0. The molecule has 1 heterocycles. The lowest BCUT2D eigenvalue weighted by Crippen LogP contribution is -2.51. The molecule has 0 aliphatic rings. The number of nitrogens with one attached hydrogen (secondary N) is 1. The van der Waals surface area contributed by atoms with Crippen LogP contribution in [0.3, 0.4) is 0 Å². The summed E-state index contributed by atoms with van der Waals surface area (Å²) in [6, 6.07) is 10.7. The van der Waals surface area contributed by atoms with E-state index in [9.17, 15) is 14.7 Å². The maximum atomic E-state index is 12.1. The summed E-state index contributed by atoms with van der Waals surface area (Å²) in [6.45, 7) is -0.507. The molecule has 0 fully saturated rings. The Bertz CT molecular complexity index is 679. The molecular weight excluding hydrogens is 322 g/mol. The number of aliphatic hydroxyl groups excluding tert-OH is 1. The van der Waals surface area contributed by atoms with Gasteiger partial charge in [-0.1, -0.05) is 36.4 Å². The number of hydrogen-bond donors (Lipinski definition) is 3. The van der Waals surface area contributed by atoms with Gasteiger partial charge in [-0.25, -0.2) is 4.79 Å². The molecule has 2 aromatic rings. The highest BCUT2D eigenvalue weighted by Gasteiger charge is 2.24. The van der Waals surface area contributed by atoms with Crippen LogP contribution in [0.25, 0.3) is 0 Å². The number of pyridine rings is 1. The maximum absolute atomic E-state index is 12.1. The van der Waals surface area contributed by atoms with Gasteiger partial charge in [-0.3, -0.25) is 9.78 Å². The molecule has 0 spiro atoms. The average molecular weight is 343 g/mol. The number of carbonyl (C=O) groups excluding carboxylic acids is 2. The standard InChI is InChI=1S/C18H21N3O4/c19-15(9-14-7-4-8-20-10-14)17(23)21-16(11-22)18(24)25-12-13-5-2-1-3-6-13/h1-8,10,15-16,22H,9,11-12,19H2,(H,21,23). The lowest BCUT2D eigenvalue weighted by Gasteiger charge is -2.18. The second-order valence-electron chi connectivity index (χ2n) is 5.51. The molecule has 0 saturated carbocycles. The minimum absolute atomic E-state index is 0.0633. The third kappa shape index (κ3) is 5.98. The second kappa shape index (κ2) is 9.51. The Morgan fingerprint density at radius 2 is 1.88 bits per heavy atom. The highest BCUT2D eigenvalue weighted by molar-refractivity contribution is 5.87. The van der Waals surface area contributed by atoms with Crippen LogP contribution in [0.2, 0.25) is 0 Å². The van der Waals surface area contributed by atoms with Crippen molar-refractivity contribution in [2.45, 2.75) is 25.1 Å². The van der Waals surface area contributed by atoms with E-state index in [1.54, 1.807) is 24.5 Å². The van der Waals surface area contributed by atoms with Gasteiger partial charge < -0.3 is 20.9 Å². The average Bonchev–Trinajstić information content (AvgIpc) is 2.65. The van der Waals surface area contributed by atoms with Crippen molar-refractivity contribution in [3.05, 3.63) is 66.0 Å². The van der Waals surface area contributed by atoms with Crippen LogP contribution in [-0.4, -0.2) is 40.7 Å². The Hall–Kier alpha value is -2.77. The zero-order valence-corrected chi connectivity index (χ0v) is 13.7. The topological polar surface area (TPSA) is 115 Å². The van der Waals surface area contributed by atoms with Crippen LogP contribution in [0.4, 0.5) is 0 Å². The molecule has 0 saturated heterocycles. The lowest BCUT2D eigenvalue weighted by atomic mass is 10.1. The molecule has 2 rings (SSSR count). The highest BCUT2D eigenvalue weighted by atomic mass is 16.5. The molecule has 0 aliphatic carbocycles. The second-order valence-corrected chi connectivity index (χ2v) is 5.51. The Labute approximate surface area is 145 Å². The maximum Gasteiger partial charge on any atom is 0.331 e. The summed E-state index contributed by atoms with van der Waals surface area (Å²) in [5.74, 6) is -1.26. The molecule has 2 atom stereocenters. The smallest absolute Gasteiger partial charge is 0.331 e. The quantitative estimate of drug-likeness (QED) is 0.589. The number of esters is 1. The fraction of sp³-hybridized carbons (Fsp3) is 0.278. The number of nitrogens with two attached hydrogens (primary N) is 1. The molecular formula is C18H21N3O4. The Kier molecular flexibility index (Phi) is 7.06. The molecule has 25 heavy (non-hydrogen) atoms. The monoisotopic (exact) mass is 343 g/mol. The van der Waals surface area contributed by atoms with E-state index < -0.39 is 30.6 Å². The first-order chi connectivity index (χ1) is 12.1. The third-order valence-corrected chi connectivity index (χ3v) is 3.52. The summed E-state index contributed by atoms with van der Waals surface area (Å²) in [5.41, 5.74) is 7.46. The number of hydrogen-bond acceptors (Lipinski definition) is 6. The summed E-state index contributed by atoms with van der Waals surface area (Å²) in [5, 5.41) is 11.8. The molecule has 0 aliphatic heterocycles. The van der Waals surface area contributed by atoms with Crippen molar-refractivity contribution in [3.63, 3.8) is 0 Å². The number of ether oxygens (including phenoxy) is 1. The zero-order chi connectivity index (χ0) is 18.1. The molecule has 132 valence electrons. The predicted molar refractivity (Wildman–Crippen MR) is 91.2 cm³/mol. The van der Waals surface area contributed by atoms with Crippen molar-refractivity contribution in [3.8, 4) is 0 Å². The van der Waals surface area contributed by atoms with Gasteiger partial charge in [-0.15, -0.1) is 0 Å². The fourth-order valence-corrected chi connectivity index (χ4v) is 2.15. The molecule has 1 aromatic carbocycles. The Morgan fingerprint density at radius 1 is 1.16 bits per heavy atom. The van der Waals surface area contributed by atoms with Crippen LogP contribution in [0.5, 0.6) is 0 Å².